The van der Waals surface area contributed by atoms with E-state index >= 15 is 0 Å². The molecule has 0 fully saturated rings. The van der Waals surface area contributed by atoms with Crippen LogP contribution in [0.3, 0.4) is 0 Å². The van der Waals surface area contributed by atoms with E-state index in [1.165, 1.54) is 25.2 Å². The fourth-order valence-corrected chi connectivity index (χ4v) is 2.59. The molecule has 0 spiro atoms. The normalized spacial score (nSPS) is 12.9. The summed E-state index contributed by atoms with van der Waals surface area (Å²) in [6, 6.07) is 2.65. The number of nitrogens with two attached hydrogens (primary N) is 1. The van der Waals surface area contributed by atoms with E-state index in [0.29, 0.717) is 5.02 Å². The summed E-state index contributed by atoms with van der Waals surface area (Å²) in [5, 5.41) is 12.6. The van der Waals surface area contributed by atoms with Crippen LogP contribution in [0.15, 0.2) is 18.2 Å². The quantitative estimate of drug-likeness (QED) is 0.795. The Labute approximate surface area is 149 Å². The molecule has 11 heteroatoms. The second kappa shape index (κ2) is 7.11. The number of aliphatic carboxylic acids is 1. The molecule has 0 aliphatic heterocycles. The summed E-state index contributed by atoms with van der Waals surface area (Å²) >= 11 is 11.7. The number of alkyl halides is 3. The van der Waals surface area contributed by atoms with E-state index < -0.39 is 35.9 Å². The van der Waals surface area contributed by atoms with Crippen molar-refractivity contribution >= 4 is 29.2 Å². The highest BCUT2D eigenvalue weighted by Gasteiger charge is 2.41. The van der Waals surface area contributed by atoms with Crippen molar-refractivity contribution in [2.24, 2.45) is 12.8 Å². The van der Waals surface area contributed by atoms with Crippen molar-refractivity contribution in [3.05, 3.63) is 39.5 Å². The summed E-state index contributed by atoms with van der Waals surface area (Å²) in [5.74, 6) is -1.70. The first kappa shape index (κ1) is 19.4. The fraction of sp³-hybridized carbons (Fsp3) is 0.286. The van der Waals surface area contributed by atoms with Gasteiger partial charge in [0.1, 0.15) is 5.75 Å². The lowest BCUT2D eigenvalue weighted by Gasteiger charge is -2.15. The van der Waals surface area contributed by atoms with E-state index in [9.17, 15) is 18.0 Å². The smallest absolute Gasteiger partial charge is 0.435 e. The Bertz CT molecular complexity index is 809. The zero-order valence-corrected chi connectivity index (χ0v) is 14.2. The Hall–Kier alpha value is -1.97. The van der Waals surface area contributed by atoms with Crippen molar-refractivity contribution in [3.63, 3.8) is 0 Å². The number of ether oxygens (including phenoxy) is 1. The Morgan fingerprint density at radius 3 is 2.60 bits per heavy atom. The van der Waals surface area contributed by atoms with Crippen LogP contribution in [0.5, 0.6) is 11.6 Å². The third-order valence-corrected chi connectivity index (χ3v) is 3.69. The van der Waals surface area contributed by atoms with E-state index in [1.807, 2.05) is 0 Å². The van der Waals surface area contributed by atoms with E-state index in [1.54, 1.807) is 0 Å². The molecule has 2 aromatic rings. The molecule has 1 heterocycles. The van der Waals surface area contributed by atoms with E-state index in [2.05, 4.69) is 5.10 Å². The van der Waals surface area contributed by atoms with E-state index in [-0.39, 0.29) is 16.7 Å². The lowest BCUT2D eigenvalue weighted by molar-refractivity contribution is -0.143. The summed E-state index contributed by atoms with van der Waals surface area (Å²) in [6.45, 7) is 0. The van der Waals surface area contributed by atoms with Gasteiger partial charge in [0.05, 0.1) is 17.0 Å². The topological polar surface area (TPSA) is 90.4 Å². The highest BCUT2D eigenvalue weighted by Crippen LogP contribution is 2.41. The van der Waals surface area contributed by atoms with Crippen LogP contribution < -0.4 is 10.5 Å². The van der Waals surface area contributed by atoms with Gasteiger partial charge in [0, 0.05) is 18.1 Å². The van der Waals surface area contributed by atoms with Crippen LogP contribution >= 0.6 is 23.2 Å². The number of aromatic nitrogens is 2. The maximum Gasteiger partial charge on any atom is 0.435 e. The number of hydrogen-bond donors (Lipinski definition) is 2. The van der Waals surface area contributed by atoms with Crippen molar-refractivity contribution in [2.45, 2.75) is 18.6 Å². The molecule has 0 radical (unpaired) electrons. The van der Waals surface area contributed by atoms with Crippen LogP contribution in [0.1, 0.15) is 23.7 Å². The summed E-state index contributed by atoms with van der Waals surface area (Å²) < 4.78 is 46.0. The third kappa shape index (κ3) is 4.36. The van der Waals surface area contributed by atoms with Crippen molar-refractivity contribution in [1.82, 2.24) is 9.78 Å². The first-order chi connectivity index (χ1) is 11.5. The fourth-order valence-electron chi connectivity index (χ4n) is 2.14. The Morgan fingerprint density at radius 2 is 2.08 bits per heavy atom. The first-order valence-electron chi connectivity index (χ1n) is 6.75. The molecular weight excluding hydrogens is 386 g/mol. The molecule has 0 aliphatic rings. The lowest BCUT2D eigenvalue weighted by atomic mass is 10.0. The van der Waals surface area contributed by atoms with E-state index in [4.69, 9.17) is 38.8 Å². The standard InChI is InChI=1S/C14H12Cl2F3N3O3/c1-22-13(25-9-3-2-6(15)4-7(9)16)11(8(20)5-10(23)24)12(21-22)14(17,18)19/h2-4,8H,5,20H2,1H3,(H,23,24). The van der Waals surface area contributed by atoms with Crippen LogP contribution in [0.2, 0.25) is 10.0 Å². The molecule has 1 aromatic heterocycles. The molecule has 0 saturated carbocycles. The Kier molecular flexibility index (Phi) is 5.50. The highest BCUT2D eigenvalue weighted by molar-refractivity contribution is 6.35. The molecule has 1 unspecified atom stereocenters. The molecule has 136 valence electrons. The highest BCUT2D eigenvalue weighted by atomic mass is 35.5. The molecule has 0 aliphatic carbocycles. The predicted molar refractivity (Wildman–Crippen MR) is 83.9 cm³/mol. The van der Waals surface area contributed by atoms with Gasteiger partial charge in [0.15, 0.2) is 5.69 Å². The summed E-state index contributed by atoms with van der Waals surface area (Å²) in [7, 11) is 1.21. The van der Waals surface area contributed by atoms with Gasteiger partial charge in [0.2, 0.25) is 5.88 Å². The van der Waals surface area contributed by atoms with Gasteiger partial charge in [-0.05, 0) is 18.2 Å². The molecular formula is C14H12Cl2F3N3O3. The molecule has 1 atom stereocenters. The minimum Gasteiger partial charge on any atom is -0.481 e. The molecule has 3 N–H and O–H groups in total. The minimum atomic E-state index is -4.84. The Morgan fingerprint density at radius 1 is 1.44 bits per heavy atom. The van der Waals surface area contributed by atoms with Gasteiger partial charge in [-0.1, -0.05) is 23.2 Å². The molecule has 2 rings (SSSR count). The number of halogens is 5. The molecule has 0 saturated heterocycles. The van der Waals surface area contributed by atoms with Crippen molar-refractivity contribution in [3.8, 4) is 11.6 Å². The van der Waals surface area contributed by atoms with Gasteiger partial charge in [0.25, 0.3) is 0 Å². The lowest BCUT2D eigenvalue weighted by Crippen LogP contribution is -2.20. The summed E-state index contributed by atoms with van der Waals surface area (Å²) in [5.41, 5.74) is 3.77. The minimum absolute atomic E-state index is 0.0200. The second-order valence-corrected chi connectivity index (χ2v) is 5.91. The van der Waals surface area contributed by atoms with Gasteiger partial charge in [-0.3, -0.25) is 4.79 Å². The van der Waals surface area contributed by atoms with Crippen molar-refractivity contribution < 1.29 is 27.8 Å². The van der Waals surface area contributed by atoms with Crippen molar-refractivity contribution in [2.75, 3.05) is 0 Å². The molecule has 0 amide bonds. The maximum absolute atomic E-state index is 13.2. The molecule has 0 bridgehead atoms. The van der Waals surface area contributed by atoms with Crippen LogP contribution in [0.4, 0.5) is 13.2 Å². The maximum atomic E-state index is 13.2. The second-order valence-electron chi connectivity index (χ2n) is 5.07. The number of rotatable bonds is 5. The first-order valence-corrected chi connectivity index (χ1v) is 7.50. The van der Waals surface area contributed by atoms with E-state index in [0.717, 1.165) is 4.68 Å². The Balaban J connectivity index is 2.56. The van der Waals surface area contributed by atoms with Gasteiger partial charge in [-0.15, -0.1) is 0 Å². The number of hydrogen-bond acceptors (Lipinski definition) is 4. The number of aryl methyl sites for hydroxylation is 1. The van der Waals surface area contributed by atoms with Gasteiger partial charge in [-0.25, -0.2) is 4.68 Å². The summed E-state index contributed by atoms with van der Waals surface area (Å²) in [4.78, 5) is 10.8. The average Bonchev–Trinajstić information content (AvgIpc) is 2.78. The zero-order chi connectivity index (χ0) is 18.9. The van der Waals surface area contributed by atoms with Crippen LogP contribution in [0, 0.1) is 0 Å². The van der Waals surface area contributed by atoms with Crippen LogP contribution in [-0.2, 0) is 18.0 Å². The molecule has 6 nitrogen and oxygen atoms in total. The van der Waals surface area contributed by atoms with Gasteiger partial charge < -0.3 is 15.6 Å². The van der Waals surface area contributed by atoms with Crippen LogP contribution in [-0.4, -0.2) is 20.9 Å². The van der Waals surface area contributed by atoms with Gasteiger partial charge >= 0.3 is 12.1 Å². The largest absolute Gasteiger partial charge is 0.481 e. The number of nitrogens with zero attached hydrogens (tertiary/aromatic N) is 2. The number of carboxylic acid groups (broad SMARTS) is 1. The summed E-state index contributed by atoms with van der Waals surface area (Å²) in [6.07, 6.45) is -5.58. The molecule has 25 heavy (non-hydrogen) atoms. The zero-order valence-electron chi connectivity index (χ0n) is 12.6. The molecule has 1 aromatic carbocycles. The number of carboxylic acids is 1. The van der Waals surface area contributed by atoms with Crippen LogP contribution in [0.25, 0.3) is 0 Å². The van der Waals surface area contributed by atoms with Gasteiger partial charge in [-0.2, -0.15) is 18.3 Å². The monoisotopic (exact) mass is 397 g/mol. The predicted octanol–water partition coefficient (Wildman–Crippen LogP) is 4.01. The number of benzene rings is 1. The number of carbonyl (C=O) groups is 1. The average molecular weight is 398 g/mol. The third-order valence-electron chi connectivity index (χ3n) is 3.16. The van der Waals surface area contributed by atoms with Crippen molar-refractivity contribution in [1.29, 1.82) is 0 Å². The SMILES string of the molecule is Cn1nc(C(F)(F)F)c(C(N)CC(=O)O)c1Oc1ccc(Cl)cc1Cl.